The maximum Gasteiger partial charge on any atom is 0.334 e. The Morgan fingerprint density at radius 2 is 1.42 bits per heavy atom. The Kier molecular flexibility index (Phi) is 12.8. The van der Waals surface area contributed by atoms with Gasteiger partial charge in [-0.05, 0) is 38.3 Å². The van der Waals surface area contributed by atoms with Crippen molar-refractivity contribution in [3.8, 4) is 0 Å². The number of unbranched alkanes of at least 4 members (excludes halogenated alkanes) is 5. The zero-order valence-electron chi connectivity index (χ0n) is 13.4. The molecular formula is C16H34O2Si. The Balaban J connectivity index is 3.99. The molecule has 0 amide bonds. The molecular weight excluding hydrogens is 252 g/mol. The molecule has 0 saturated heterocycles. The maximum atomic E-state index is 6.14. The molecule has 2 nitrogen and oxygen atoms in total. The minimum atomic E-state index is -1.93. The van der Waals surface area contributed by atoms with Crippen LogP contribution in [0, 0.1) is 0 Å². The highest BCUT2D eigenvalue weighted by Gasteiger charge is 2.30. The van der Waals surface area contributed by atoms with Crippen LogP contribution in [0.4, 0.5) is 0 Å². The summed E-state index contributed by atoms with van der Waals surface area (Å²) in [5.74, 6) is 0. The number of hydrogen-bond acceptors (Lipinski definition) is 2. The lowest BCUT2D eigenvalue weighted by atomic mass is 10.3. The van der Waals surface area contributed by atoms with E-state index in [9.17, 15) is 0 Å². The van der Waals surface area contributed by atoms with Crippen LogP contribution in [-0.2, 0) is 8.85 Å². The van der Waals surface area contributed by atoms with Gasteiger partial charge in [0, 0.05) is 13.2 Å². The molecule has 0 atom stereocenters. The van der Waals surface area contributed by atoms with Crippen LogP contribution in [0.1, 0.15) is 65.2 Å². The normalized spacial score (nSPS) is 11.7. The van der Waals surface area contributed by atoms with Crippen molar-refractivity contribution >= 4 is 8.56 Å². The highest BCUT2D eigenvalue weighted by atomic mass is 28.4. The van der Waals surface area contributed by atoms with Crippen LogP contribution in [0.25, 0.3) is 0 Å². The number of rotatable bonds is 14. The molecule has 0 rings (SSSR count). The second-order valence-corrected chi connectivity index (χ2v) is 8.77. The first-order chi connectivity index (χ1) is 9.18. The van der Waals surface area contributed by atoms with E-state index in [0.717, 1.165) is 32.1 Å². The maximum absolute atomic E-state index is 6.14. The van der Waals surface area contributed by atoms with Crippen LogP contribution in [-0.4, -0.2) is 21.8 Å². The predicted octanol–water partition coefficient (Wildman–Crippen LogP) is 5.44. The van der Waals surface area contributed by atoms with Gasteiger partial charge in [-0.15, -0.1) is 6.58 Å². The SMILES string of the molecule is C=CCCC[Si](C)(OCCCCC)OCCCCC. The van der Waals surface area contributed by atoms with Gasteiger partial charge in [0.2, 0.25) is 0 Å². The molecule has 0 aliphatic rings. The van der Waals surface area contributed by atoms with Gasteiger partial charge in [0.25, 0.3) is 0 Å². The van der Waals surface area contributed by atoms with Gasteiger partial charge in [-0.3, -0.25) is 0 Å². The molecule has 114 valence electrons. The topological polar surface area (TPSA) is 18.5 Å². The van der Waals surface area contributed by atoms with Crippen LogP contribution in [0.2, 0.25) is 12.6 Å². The smallest absolute Gasteiger partial charge is 0.334 e. The van der Waals surface area contributed by atoms with Gasteiger partial charge in [0.15, 0.2) is 0 Å². The van der Waals surface area contributed by atoms with Gasteiger partial charge in [-0.25, -0.2) is 0 Å². The van der Waals surface area contributed by atoms with E-state index in [1.54, 1.807) is 0 Å². The van der Waals surface area contributed by atoms with Crippen molar-refractivity contribution in [2.75, 3.05) is 13.2 Å². The lowest BCUT2D eigenvalue weighted by Gasteiger charge is -2.27. The molecule has 3 heteroatoms. The highest BCUT2D eigenvalue weighted by molar-refractivity contribution is 6.66. The number of allylic oxidation sites excluding steroid dienone is 1. The monoisotopic (exact) mass is 286 g/mol. The summed E-state index contributed by atoms with van der Waals surface area (Å²) in [7, 11) is -1.93. The van der Waals surface area contributed by atoms with E-state index in [1.807, 2.05) is 6.08 Å². The molecule has 0 aromatic rings. The molecule has 0 N–H and O–H groups in total. The fourth-order valence-electron chi connectivity index (χ4n) is 2.03. The Hall–Kier alpha value is -0.123. The number of hydrogen-bond donors (Lipinski definition) is 0. The van der Waals surface area contributed by atoms with E-state index in [2.05, 4.69) is 27.0 Å². The van der Waals surface area contributed by atoms with Crippen molar-refractivity contribution < 1.29 is 8.85 Å². The lowest BCUT2D eigenvalue weighted by Crippen LogP contribution is -2.39. The van der Waals surface area contributed by atoms with Gasteiger partial charge < -0.3 is 8.85 Å². The molecule has 0 aromatic heterocycles. The van der Waals surface area contributed by atoms with E-state index in [0.29, 0.717) is 0 Å². The third-order valence-corrected chi connectivity index (χ3v) is 6.24. The Labute approximate surface area is 121 Å². The Bertz CT molecular complexity index is 195. The molecule has 19 heavy (non-hydrogen) atoms. The van der Waals surface area contributed by atoms with Crippen LogP contribution in [0.15, 0.2) is 12.7 Å². The van der Waals surface area contributed by atoms with Gasteiger partial charge >= 0.3 is 8.56 Å². The van der Waals surface area contributed by atoms with Crippen molar-refractivity contribution in [1.29, 1.82) is 0 Å². The van der Waals surface area contributed by atoms with E-state index in [1.165, 1.54) is 38.5 Å². The molecule has 0 heterocycles. The Morgan fingerprint density at radius 1 is 0.895 bits per heavy atom. The average Bonchev–Trinajstić information content (AvgIpc) is 2.41. The fraction of sp³-hybridized carbons (Fsp3) is 0.875. The van der Waals surface area contributed by atoms with Crippen molar-refractivity contribution in [2.45, 2.75) is 77.8 Å². The standard InChI is InChI=1S/C16H34O2Si/c1-5-8-11-14-17-19(4,16-13-10-7-3)18-15-12-9-6-2/h7H,3,5-6,8-16H2,1-2,4H3. The van der Waals surface area contributed by atoms with Gasteiger partial charge in [0.05, 0.1) is 0 Å². The molecule has 0 bridgehead atoms. The molecule has 0 fully saturated rings. The molecule has 0 aliphatic carbocycles. The van der Waals surface area contributed by atoms with Crippen LogP contribution in [0.3, 0.4) is 0 Å². The van der Waals surface area contributed by atoms with Crippen molar-refractivity contribution in [2.24, 2.45) is 0 Å². The van der Waals surface area contributed by atoms with E-state index < -0.39 is 8.56 Å². The average molecular weight is 287 g/mol. The van der Waals surface area contributed by atoms with E-state index >= 15 is 0 Å². The molecule has 0 radical (unpaired) electrons. The predicted molar refractivity (Wildman–Crippen MR) is 86.8 cm³/mol. The summed E-state index contributed by atoms with van der Waals surface area (Å²) in [6, 6.07) is 1.09. The van der Waals surface area contributed by atoms with Gasteiger partial charge in [0.1, 0.15) is 0 Å². The summed E-state index contributed by atoms with van der Waals surface area (Å²) in [6.45, 7) is 12.2. The quantitative estimate of drug-likeness (QED) is 0.240. The molecule has 0 aromatic carbocycles. The van der Waals surface area contributed by atoms with Crippen molar-refractivity contribution in [1.82, 2.24) is 0 Å². The van der Waals surface area contributed by atoms with E-state index in [4.69, 9.17) is 8.85 Å². The zero-order chi connectivity index (χ0) is 14.4. The third kappa shape index (κ3) is 11.4. The summed E-state index contributed by atoms with van der Waals surface area (Å²) < 4.78 is 12.3. The first-order valence-electron chi connectivity index (χ1n) is 8.07. The lowest BCUT2D eigenvalue weighted by molar-refractivity contribution is 0.167. The fourth-order valence-corrected chi connectivity index (χ4v) is 4.40. The largest absolute Gasteiger partial charge is 0.394 e. The molecule has 0 aliphatic heterocycles. The molecule has 0 spiro atoms. The first kappa shape index (κ1) is 18.9. The van der Waals surface area contributed by atoms with Crippen molar-refractivity contribution in [3.05, 3.63) is 12.7 Å². The van der Waals surface area contributed by atoms with E-state index in [-0.39, 0.29) is 0 Å². The van der Waals surface area contributed by atoms with Crippen LogP contribution >= 0.6 is 0 Å². The summed E-state index contributed by atoms with van der Waals surface area (Å²) in [6.07, 6.45) is 11.5. The van der Waals surface area contributed by atoms with Crippen LogP contribution < -0.4 is 0 Å². The zero-order valence-corrected chi connectivity index (χ0v) is 14.4. The summed E-state index contributed by atoms with van der Waals surface area (Å²) in [4.78, 5) is 0. The van der Waals surface area contributed by atoms with Gasteiger partial charge in [-0.2, -0.15) is 0 Å². The van der Waals surface area contributed by atoms with Crippen LogP contribution in [0.5, 0.6) is 0 Å². The third-order valence-electron chi connectivity index (χ3n) is 3.35. The first-order valence-corrected chi connectivity index (χ1v) is 10.6. The summed E-state index contributed by atoms with van der Waals surface area (Å²) in [5.41, 5.74) is 0. The highest BCUT2D eigenvalue weighted by Crippen LogP contribution is 2.19. The minimum Gasteiger partial charge on any atom is -0.394 e. The summed E-state index contributed by atoms with van der Waals surface area (Å²) in [5, 5.41) is 0. The Morgan fingerprint density at radius 3 is 1.84 bits per heavy atom. The molecule has 0 saturated carbocycles. The minimum absolute atomic E-state index is 0.873. The summed E-state index contributed by atoms with van der Waals surface area (Å²) >= 11 is 0. The molecule has 0 unspecified atom stereocenters. The van der Waals surface area contributed by atoms with Crippen molar-refractivity contribution in [3.63, 3.8) is 0 Å². The second kappa shape index (κ2) is 12.9. The second-order valence-electron chi connectivity index (χ2n) is 5.43. The van der Waals surface area contributed by atoms with Gasteiger partial charge in [-0.1, -0.05) is 45.6 Å².